The fraction of sp³-hybridized carbons (Fsp3) is 0.500. The summed E-state index contributed by atoms with van der Waals surface area (Å²) in [6.07, 6.45) is 2.61. The van der Waals surface area contributed by atoms with Crippen LogP contribution in [0.3, 0.4) is 0 Å². The minimum absolute atomic E-state index is 0.597. The fourth-order valence-corrected chi connectivity index (χ4v) is 0.332. The molecule has 9 heavy (non-hydrogen) atoms. The molecule has 1 N–H and O–H groups in total. The van der Waals surface area contributed by atoms with Crippen molar-refractivity contribution in [3.8, 4) is 0 Å². The van der Waals surface area contributed by atoms with Gasteiger partial charge in [-0.1, -0.05) is 35.9 Å². The van der Waals surface area contributed by atoms with Crippen molar-refractivity contribution in [3.63, 3.8) is 0 Å². The van der Waals surface area contributed by atoms with Gasteiger partial charge in [0.1, 0.15) is 0 Å². The summed E-state index contributed by atoms with van der Waals surface area (Å²) in [5.41, 5.74) is 0. The summed E-state index contributed by atoms with van der Waals surface area (Å²) < 4.78 is 0. The maximum absolute atomic E-state index is 9.65. The summed E-state index contributed by atoms with van der Waals surface area (Å²) in [6.45, 7) is 4.00. The SMILES string of the molecule is CC.O=C(O)/C=C/CBr. The smallest absolute Gasteiger partial charge is 0.328 e. The van der Waals surface area contributed by atoms with Crippen LogP contribution in [0.5, 0.6) is 0 Å². The van der Waals surface area contributed by atoms with Gasteiger partial charge in [-0.05, 0) is 0 Å². The maximum Gasteiger partial charge on any atom is 0.328 e. The molecule has 0 aliphatic carbocycles. The molecule has 0 amide bonds. The molecular weight excluding hydrogens is 184 g/mol. The Hall–Kier alpha value is -0.310. The Balaban J connectivity index is 0. The van der Waals surface area contributed by atoms with Crippen molar-refractivity contribution >= 4 is 21.9 Å². The van der Waals surface area contributed by atoms with E-state index in [9.17, 15) is 4.79 Å². The van der Waals surface area contributed by atoms with Crippen molar-refractivity contribution < 1.29 is 9.90 Å². The number of carboxylic acids is 1. The highest BCUT2D eigenvalue weighted by molar-refractivity contribution is 9.09. The third kappa shape index (κ3) is 18.3. The number of hydrogen-bond donors (Lipinski definition) is 1. The number of aliphatic carboxylic acids is 1. The zero-order chi connectivity index (χ0) is 7.70. The van der Waals surface area contributed by atoms with Crippen LogP contribution < -0.4 is 0 Å². The van der Waals surface area contributed by atoms with Crippen molar-refractivity contribution in [3.05, 3.63) is 12.2 Å². The van der Waals surface area contributed by atoms with Crippen LogP contribution in [0.1, 0.15) is 13.8 Å². The van der Waals surface area contributed by atoms with E-state index in [0.29, 0.717) is 5.33 Å². The lowest BCUT2D eigenvalue weighted by atomic mass is 10.5. The molecule has 0 saturated carbocycles. The third-order valence-corrected chi connectivity index (χ3v) is 0.723. The standard InChI is InChI=1S/C4H5BrO2.C2H6/c5-3-1-2-4(6)7;1-2/h1-2H,3H2,(H,6,7);1-2H3/b2-1+;. The van der Waals surface area contributed by atoms with Gasteiger partial charge in [-0.25, -0.2) is 4.79 Å². The molecular formula is C6H11BrO2. The molecule has 0 bridgehead atoms. The van der Waals surface area contributed by atoms with E-state index in [4.69, 9.17) is 5.11 Å². The van der Waals surface area contributed by atoms with Crippen molar-refractivity contribution in [1.82, 2.24) is 0 Å². The van der Waals surface area contributed by atoms with Gasteiger partial charge in [0.05, 0.1) is 0 Å². The Morgan fingerprint density at radius 1 is 1.67 bits per heavy atom. The molecule has 0 rings (SSSR count). The zero-order valence-corrected chi connectivity index (χ0v) is 7.18. The largest absolute Gasteiger partial charge is 0.478 e. The van der Waals surface area contributed by atoms with Crippen LogP contribution in [0.4, 0.5) is 0 Å². The molecule has 0 unspecified atom stereocenters. The van der Waals surface area contributed by atoms with E-state index in [1.165, 1.54) is 6.08 Å². The lowest BCUT2D eigenvalue weighted by Crippen LogP contribution is -1.84. The lowest BCUT2D eigenvalue weighted by molar-refractivity contribution is -0.131. The number of rotatable bonds is 2. The predicted octanol–water partition coefficient (Wildman–Crippen LogP) is 2.05. The average Bonchev–Trinajstić information content (AvgIpc) is 1.88. The Morgan fingerprint density at radius 2 is 2.11 bits per heavy atom. The molecule has 0 fully saturated rings. The van der Waals surface area contributed by atoms with Gasteiger partial charge in [0.25, 0.3) is 0 Å². The number of carbonyl (C=O) groups is 1. The van der Waals surface area contributed by atoms with E-state index in [0.717, 1.165) is 6.08 Å². The first kappa shape index (κ1) is 11.5. The van der Waals surface area contributed by atoms with Crippen molar-refractivity contribution in [1.29, 1.82) is 0 Å². The monoisotopic (exact) mass is 194 g/mol. The van der Waals surface area contributed by atoms with Gasteiger partial charge in [0.2, 0.25) is 0 Å². The maximum atomic E-state index is 9.65. The van der Waals surface area contributed by atoms with Crippen molar-refractivity contribution in [2.45, 2.75) is 13.8 Å². The number of alkyl halides is 1. The highest BCUT2D eigenvalue weighted by Gasteiger charge is 1.79. The molecule has 0 aliphatic heterocycles. The van der Waals surface area contributed by atoms with Gasteiger partial charge in [0.15, 0.2) is 0 Å². The van der Waals surface area contributed by atoms with Crippen LogP contribution >= 0.6 is 15.9 Å². The number of carboxylic acid groups (broad SMARTS) is 1. The van der Waals surface area contributed by atoms with Crippen molar-refractivity contribution in [2.75, 3.05) is 5.33 Å². The molecule has 0 aromatic rings. The first-order valence-corrected chi connectivity index (χ1v) is 3.85. The second kappa shape index (κ2) is 10.6. The van der Waals surface area contributed by atoms with E-state index in [1.54, 1.807) is 0 Å². The van der Waals surface area contributed by atoms with Gasteiger partial charge in [-0.3, -0.25) is 0 Å². The van der Waals surface area contributed by atoms with Gasteiger partial charge < -0.3 is 5.11 Å². The zero-order valence-electron chi connectivity index (χ0n) is 5.60. The highest BCUT2D eigenvalue weighted by Crippen LogP contribution is 1.79. The first-order valence-electron chi connectivity index (χ1n) is 2.73. The minimum atomic E-state index is -0.903. The van der Waals surface area contributed by atoms with E-state index in [1.807, 2.05) is 13.8 Å². The summed E-state index contributed by atoms with van der Waals surface area (Å²) in [7, 11) is 0. The van der Waals surface area contributed by atoms with Gasteiger partial charge in [-0.2, -0.15) is 0 Å². The number of allylic oxidation sites excluding steroid dienone is 1. The molecule has 0 atom stereocenters. The van der Waals surface area contributed by atoms with Crippen LogP contribution in [0.15, 0.2) is 12.2 Å². The summed E-state index contributed by atoms with van der Waals surface area (Å²) in [6, 6.07) is 0. The average molecular weight is 195 g/mol. The van der Waals surface area contributed by atoms with Gasteiger partial charge in [0, 0.05) is 11.4 Å². The van der Waals surface area contributed by atoms with Gasteiger partial charge in [-0.15, -0.1) is 0 Å². The Labute approximate surface area is 63.7 Å². The second-order valence-corrected chi connectivity index (χ2v) is 1.54. The molecule has 0 saturated heterocycles. The van der Waals surface area contributed by atoms with E-state index in [-0.39, 0.29) is 0 Å². The van der Waals surface area contributed by atoms with E-state index in [2.05, 4.69) is 15.9 Å². The quantitative estimate of drug-likeness (QED) is 0.540. The molecule has 0 radical (unpaired) electrons. The van der Waals surface area contributed by atoms with Crippen LogP contribution in [0.25, 0.3) is 0 Å². The molecule has 0 heterocycles. The minimum Gasteiger partial charge on any atom is -0.478 e. The topological polar surface area (TPSA) is 37.3 Å². The Morgan fingerprint density at radius 3 is 2.22 bits per heavy atom. The van der Waals surface area contributed by atoms with Crippen LogP contribution in [0, 0.1) is 0 Å². The van der Waals surface area contributed by atoms with Crippen LogP contribution in [-0.4, -0.2) is 16.4 Å². The van der Waals surface area contributed by atoms with Crippen molar-refractivity contribution in [2.24, 2.45) is 0 Å². The van der Waals surface area contributed by atoms with E-state index >= 15 is 0 Å². The molecule has 0 aromatic carbocycles. The van der Waals surface area contributed by atoms with Crippen LogP contribution in [-0.2, 0) is 4.79 Å². The molecule has 0 aliphatic rings. The number of halogens is 1. The summed E-state index contributed by atoms with van der Waals surface area (Å²) in [4.78, 5) is 9.65. The van der Waals surface area contributed by atoms with Gasteiger partial charge >= 0.3 is 5.97 Å². The normalized spacial score (nSPS) is 8.33. The Kier molecular flexibility index (Phi) is 13.6. The summed E-state index contributed by atoms with van der Waals surface area (Å²) in [5.74, 6) is -0.903. The summed E-state index contributed by atoms with van der Waals surface area (Å²) in [5, 5.41) is 8.53. The molecule has 0 spiro atoms. The third-order valence-electron chi connectivity index (χ3n) is 0.350. The molecule has 0 aromatic heterocycles. The highest BCUT2D eigenvalue weighted by atomic mass is 79.9. The number of hydrogen-bond acceptors (Lipinski definition) is 1. The molecule has 2 nitrogen and oxygen atoms in total. The molecule has 54 valence electrons. The summed E-state index contributed by atoms with van der Waals surface area (Å²) >= 11 is 3.03. The van der Waals surface area contributed by atoms with E-state index < -0.39 is 5.97 Å². The second-order valence-electron chi connectivity index (χ2n) is 0.895. The molecule has 3 heteroatoms. The first-order chi connectivity index (χ1) is 4.27. The van der Waals surface area contributed by atoms with Crippen LogP contribution in [0.2, 0.25) is 0 Å². The predicted molar refractivity (Wildman–Crippen MR) is 41.9 cm³/mol. The fourth-order valence-electron chi connectivity index (χ4n) is 0.145. The lowest BCUT2D eigenvalue weighted by Gasteiger charge is -1.72. The Bertz CT molecular complexity index is 89.1.